The molecule has 7 atom stereocenters. The second-order valence-electron chi connectivity index (χ2n) is 11.7. The predicted octanol–water partition coefficient (Wildman–Crippen LogP) is 5.41. The second kappa shape index (κ2) is 7.68. The maximum atomic E-state index is 13.8. The van der Waals surface area contributed by atoms with Crippen molar-refractivity contribution in [3.05, 3.63) is 80.3 Å². The van der Waals surface area contributed by atoms with E-state index in [9.17, 15) is 14.4 Å². The Morgan fingerprint density at radius 3 is 2.22 bits per heavy atom. The van der Waals surface area contributed by atoms with E-state index < -0.39 is 0 Å². The number of amides is 2. The van der Waals surface area contributed by atoms with E-state index in [-0.39, 0.29) is 62.9 Å². The highest BCUT2D eigenvalue weighted by Crippen LogP contribution is 2.68. The van der Waals surface area contributed by atoms with Gasteiger partial charge < -0.3 is 4.98 Å². The second-order valence-corrected chi connectivity index (χ2v) is 13.9. The van der Waals surface area contributed by atoms with Gasteiger partial charge in [0.1, 0.15) is 0 Å². The molecule has 36 heavy (non-hydrogen) atoms. The van der Waals surface area contributed by atoms with Crippen molar-refractivity contribution in [3.63, 3.8) is 0 Å². The Kier molecular flexibility index (Phi) is 4.81. The molecule has 2 amide bonds. The minimum Gasteiger partial charge on any atom is -0.307 e. The van der Waals surface area contributed by atoms with Crippen LogP contribution in [-0.4, -0.2) is 22.0 Å². The van der Waals surface area contributed by atoms with E-state index in [1.165, 1.54) is 27.4 Å². The standard InChI is InChI=1S/C29H28N2O3S2/c1-29(2,3)15-11-9-14(10-12-15)19-20-17-13-18(23(20)35-25-24(19)36-28(34)30-25)22-21(17)26(32)31(27(22)33)16-7-5-4-6-8-16/h4-12,17-23H,13H2,1-3H3,(H,30,34). The number of rotatable bonds is 2. The van der Waals surface area contributed by atoms with Crippen molar-refractivity contribution < 1.29 is 9.59 Å². The molecule has 3 aromatic rings. The third-order valence-electron chi connectivity index (χ3n) is 8.87. The molecule has 3 fully saturated rings. The Hall–Kier alpha value is -2.64. The first-order valence-corrected chi connectivity index (χ1v) is 14.4. The topological polar surface area (TPSA) is 70.2 Å². The van der Waals surface area contributed by atoms with Crippen LogP contribution in [0.25, 0.3) is 0 Å². The van der Waals surface area contributed by atoms with E-state index in [0.29, 0.717) is 5.69 Å². The molecule has 0 radical (unpaired) electrons. The van der Waals surface area contributed by atoms with Gasteiger partial charge in [0.2, 0.25) is 11.8 Å². The van der Waals surface area contributed by atoms with Crippen molar-refractivity contribution >= 4 is 40.6 Å². The van der Waals surface area contributed by atoms with Gasteiger partial charge in [-0.15, -0.1) is 11.8 Å². The molecule has 2 aromatic carbocycles. The number of fused-ring (bicyclic) bond motifs is 9. The number of aromatic amines is 1. The molecule has 7 unspecified atom stereocenters. The summed E-state index contributed by atoms with van der Waals surface area (Å²) >= 11 is 3.05. The van der Waals surface area contributed by atoms with Gasteiger partial charge in [0.15, 0.2) is 0 Å². The monoisotopic (exact) mass is 516 g/mol. The van der Waals surface area contributed by atoms with Crippen molar-refractivity contribution in [2.75, 3.05) is 4.90 Å². The lowest BCUT2D eigenvalue weighted by molar-refractivity contribution is -0.123. The number of thioether (sulfide) groups is 1. The fourth-order valence-electron chi connectivity index (χ4n) is 7.41. The van der Waals surface area contributed by atoms with Crippen molar-refractivity contribution in [3.8, 4) is 0 Å². The largest absolute Gasteiger partial charge is 0.307 e. The molecule has 7 rings (SSSR count). The summed E-state index contributed by atoms with van der Waals surface area (Å²) in [4.78, 5) is 45.4. The third kappa shape index (κ3) is 3.05. The summed E-state index contributed by atoms with van der Waals surface area (Å²) in [6, 6.07) is 18.2. The van der Waals surface area contributed by atoms with E-state index in [0.717, 1.165) is 16.3 Å². The van der Waals surface area contributed by atoms with Gasteiger partial charge in [-0.1, -0.05) is 74.6 Å². The number of benzene rings is 2. The summed E-state index contributed by atoms with van der Waals surface area (Å²) in [5.74, 6) is -0.0266. The van der Waals surface area contributed by atoms with E-state index in [2.05, 4.69) is 50.0 Å². The number of thiazole rings is 1. The summed E-state index contributed by atoms with van der Waals surface area (Å²) < 4.78 is 0. The SMILES string of the molecule is CC(C)(C)c1ccc(C2c3sc(=O)[nH]c3SC3C4CC(C5C(=O)N(c6ccccc6)C(=O)C45)C23)cc1. The first-order valence-electron chi connectivity index (χ1n) is 12.7. The minimum atomic E-state index is -0.266. The number of hydrogen-bond acceptors (Lipinski definition) is 5. The number of anilines is 1. The molecule has 1 saturated heterocycles. The van der Waals surface area contributed by atoms with Crippen LogP contribution in [0.3, 0.4) is 0 Å². The highest BCUT2D eigenvalue weighted by molar-refractivity contribution is 8.00. The molecule has 3 heterocycles. The molecule has 0 spiro atoms. The highest BCUT2D eigenvalue weighted by Gasteiger charge is 2.69. The van der Waals surface area contributed by atoms with Gasteiger partial charge in [0.05, 0.1) is 22.5 Å². The average molecular weight is 517 g/mol. The van der Waals surface area contributed by atoms with Gasteiger partial charge in [0, 0.05) is 16.0 Å². The molecule has 5 nitrogen and oxygen atoms in total. The number of carbonyl (C=O) groups is 2. The summed E-state index contributed by atoms with van der Waals surface area (Å²) in [5, 5.41) is 1.17. The zero-order valence-corrected chi connectivity index (χ0v) is 22.1. The lowest BCUT2D eigenvalue weighted by atomic mass is 9.68. The molecule has 7 heteroatoms. The number of nitrogens with zero attached hydrogens (tertiary/aromatic N) is 1. The number of imide groups is 1. The van der Waals surface area contributed by atoms with Gasteiger partial charge in [0.25, 0.3) is 0 Å². The van der Waals surface area contributed by atoms with Gasteiger partial charge in [-0.2, -0.15) is 0 Å². The zero-order chi connectivity index (χ0) is 24.9. The molecule has 2 aliphatic heterocycles. The van der Waals surface area contributed by atoms with E-state index in [1.807, 2.05) is 30.3 Å². The van der Waals surface area contributed by atoms with Crippen molar-refractivity contribution in [2.45, 2.75) is 48.8 Å². The number of para-hydroxylation sites is 1. The van der Waals surface area contributed by atoms with E-state index in [4.69, 9.17) is 0 Å². The number of H-pyrrole nitrogens is 1. The molecular weight excluding hydrogens is 488 g/mol. The maximum absolute atomic E-state index is 13.8. The van der Waals surface area contributed by atoms with Crippen LogP contribution < -0.4 is 9.77 Å². The van der Waals surface area contributed by atoms with Crippen LogP contribution in [0.2, 0.25) is 0 Å². The molecule has 1 N–H and O–H groups in total. The lowest BCUT2D eigenvalue weighted by Crippen LogP contribution is -2.42. The van der Waals surface area contributed by atoms with Crippen LogP contribution in [0.5, 0.6) is 0 Å². The van der Waals surface area contributed by atoms with Crippen LogP contribution in [0.1, 0.15) is 49.1 Å². The summed E-state index contributed by atoms with van der Waals surface area (Å²) in [5.41, 5.74) is 3.22. The lowest BCUT2D eigenvalue weighted by Gasteiger charge is -2.43. The highest BCUT2D eigenvalue weighted by atomic mass is 32.2. The molecule has 2 aliphatic carbocycles. The smallest absolute Gasteiger partial charge is 0.305 e. The molecule has 2 bridgehead atoms. The maximum Gasteiger partial charge on any atom is 0.305 e. The third-order valence-corrected chi connectivity index (χ3v) is 11.5. The Morgan fingerprint density at radius 1 is 0.889 bits per heavy atom. The van der Waals surface area contributed by atoms with Crippen molar-refractivity contribution in [1.29, 1.82) is 0 Å². The fourth-order valence-corrected chi connectivity index (χ4v) is 10.3. The van der Waals surface area contributed by atoms with E-state index in [1.54, 1.807) is 11.8 Å². The molecule has 1 aromatic heterocycles. The van der Waals surface area contributed by atoms with E-state index >= 15 is 0 Å². The van der Waals surface area contributed by atoms with Crippen LogP contribution in [0.4, 0.5) is 5.69 Å². The van der Waals surface area contributed by atoms with Gasteiger partial charge in [-0.05, 0) is 52.8 Å². The Labute approximate surface area is 218 Å². The zero-order valence-electron chi connectivity index (χ0n) is 20.4. The number of hydrogen-bond donors (Lipinski definition) is 1. The van der Waals surface area contributed by atoms with Crippen molar-refractivity contribution in [1.82, 2.24) is 4.98 Å². The van der Waals surface area contributed by atoms with Crippen LogP contribution >= 0.6 is 23.1 Å². The van der Waals surface area contributed by atoms with Crippen LogP contribution in [0, 0.1) is 29.6 Å². The minimum absolute atomic E-state index is 0.0290. The van der Waals surface area contributed by atoms with Gasteiger partial charge >= 0.3 is 4.87 Å². The first kappa shape index (κ1) is 22.5. The fraction of sp³-hybridized carbons (Fsp3) is 0.414. The van der Waals surface area contributed by atoms with Gasteiger partial charge in [-0.3, -0.25) is 19.3 Å². The van der Waals surface area contributed by atoms with Crippen LogP contribution in [-0.2, 0) is 15.0 Å². The quantitative estimate of drug-likeness (QED) is 0.462. The van der Waals surface area contributed by atoms with Crippen LogP contribution in [0.15, 0.2) is 64.4 Å². The van der Waals surface area contributed by atoms with Gasteiger partial charge in [-0.25, -0.2) is 0 Å². The Morgan fingerprint density at radius 2 is 1.56 bits per heavy atom. The molecule has 4 aliphatic rings. The summed E-state index contributed by atoms with van der Waals surface area (Å²) in [7, 11) is 0. The predicted molar refractivity (Wildman–Crippen MR) is 143 cm³/mol. The average Bonchev–Trinajstić information content (AvgIpc) is 3.58. The van der Waals surface area contributed by atoms with Crippen molar-refractivity contribution in [2.24, 2.45) is 29.6 Å². The Balaban J connectivity index is 1.31. The molecule has 184 valence electrons. The molecular formula is C29H28N2O3S2. The number of aromatic nitrogens is 1. The Bertz CT molecular complexity index is 1440. The summed E-state index contributed by atoms with van der Waals surface area (Å²) in [6.45, 7) is 6.63. The number of nitrogens with one attached hydrogen (secondary N) is 1. The normalized spacial score (nSPS) is 32.5. The first-order chi connectivity index (χ1) is 17.2. The number of carbonyl (C=O) groups excluding carboxylic acids is 2. The molecule has 2 saturated carbocycles. The summed E-state index contributed by atoms with van der Waals surface area (Å²) in [6.07, 6.45) is 0.910.